The molecule has 0 atom stereocenters. The van der Waals surface area contributed by atoms with Gasteiger partial charge in [0.2, 0.25) is 5.91 Å². The molecule has 27 heavy (non-hydrogen) atoms. The lowest BCUT2D eigenvalue weighted by Crippen LogP contribution is -2.49. The van der Waals surface area contributed by atoms with Gasteiger partial charge in [-0.25, -0.2) is 9.67 Å². The van der Waals surface area contributed by atoms with Crippen molar-refractivity contribution >= 4 is 17.3 Å². The molecule has 9 nitrogen and oxygen atoms in total. The van der Waals surface area contributed by atoms with Gasteiger partial charge in [0.15, 0.2) is 0 Å². The topological polar surface area (TPSA) is 97.4 Å². The van der Waals surface area contributed by atoms with Crippen molar-refractivity contribution in [2.45, 2.75) is 12.7 Å². The second kappa shape index (κ2) is 7.21. The van der Waals surface area contributed by atoms with Gasteiger partial charge in [0, 0.05) is 32.2 Å². The van der Waals surface area contributed by atoms with E-state index in [1.54, 1.807) is 9.80 Å². The quantitative estimate of drug-likeness (QED) is 0.586. The molecule has 0 spiro atoms. The summed E-state index contributed by atoms with van der Waals surface area (Å²) in [5.74, 6) is -0.179. The van der Waals surface area contributed by atoms with Crippen LogP contribution in [0.25, 0.3) is 0 Å². The van der Waals surface area contributed by atoms with Gasteiger partial charge in [-0.3, -0.25) is 14.9 Å². The smallest absolute Gasteiger partial charge is 0.362 e. The van der Waals surface area contributed by atoms with Crippen molar-refractivity contribution in [2.24, 2.45) is 0 Å². The van der Waals surface area contributed by atoms with Gasteiger partial charge in [-0.15, -0.1) is 0 Å². The number of carbonyl (C=O) groups is 1. The van der Waals surface area contributed by atoms with E-state index in [1.807, 2.05) is 0 Å². The van der Waals surface area contributed by atoms with E-state index in [-0.39, 0.29) is 31.2 Å². The van der Waals surface area contributed by atoms with Crippen molar-refractivity contribution in [3.63, 3.8) is 0 Å². The number of anilines is 1. The van der Waals surface area contributed by atoms with Gasteiger partial charge in [0.25, 0.3) is 5.69 Å². The van der Waals surface area contributed by atoms with Crippen molar-refractivity contribution in [3.8, 4) is 0 Å². The SMILES string of the molecule is O=C(Cn1cncn1)N1CCN(c2ccc(C(F)(F)F)cc2[N+](=O)[O-])CC1. The summed E-state index contributed by atoms with van der Waals surface area (Å²) in [7, 11) is 0. The van der Waals surface area contributed by atoms with Gasteiger partial charge >= 0.3 is 6.18 Å². The van der Waals surface area contributed by atoms with Crippen LogP contribution >= 0.6 is 0 Å². The maximum absolute atomic E-state index is 12.8. The van der Waals surface area contributed by atoms with Crippen LogP contribution in [-0.2, 0) is 17.5 Å². The number of carbonyl (C=O) groups excluding carboxylic acids is 1. The highest BCUT2D eigenvalue weighted by atomic mass is 19.4. The predicted octanol–water partition coefficient (Wildman–Crippen LogP) is 1.55. The predicted molar refractivity (Wildman–Crippen MR) is 86.9 cm³/mol. The first-order chi connectivity index (χ1) is 12.8. The number of aromatic nitrogens is 3. The Morgan fingerprint density at radius 3 is 2.48 bits per heavy atom. The number of halogens is 3. The van der Waals surface area contributed by atoms with Gasteiger partial charge in [0.1, 0.15) is 24.9 Å². The van der Waals surface area contributed by atoms with Crippen LogP contribution < -0.4 is 4.90 Å². The molecule has 0 N–H and O–H groups in total. The number of hydrogen-bond acceptors (Lipinski definition) is 6. The van der Waals surface area contributed by atoms with Gasteiger partial charge in [-0.05, 0) is 12.1 Å². The highest BCUT2D eigenvalue weighted by Gasteiger charge is 2.34. The fraction of sp³-hybridized carbons (Fsp3) is 0.400. The van der Waals surface area contributed by atoms with Crippen LogP contribution in [0.2, 0.25) is 0 Å². The lowest BCUT2D eigenvalue weighted by molar-refractivity contribution is -0.384. The summed E-state index contributed by atoms with van der Waals surface area (Å²) in [5.41, 5.74) is -1.57. The number of piperazine rings is 1. The van der Waals surface area contributed by atoms with Gasteiger partial charge in [0.05, 0.1) is 10.5 Å². The van der Waals surface area contributed by atoms with Crippen molar-refractivity contribution in [3.05, 3.63) is 46.5 Å². The van der Waals surface area contributed by atoms with E-state index in [4.69, 9.17) is 0 Å². The average Bonchev–Trinajstić information content (AvgIpc) is 3.13. The van der Waals surface area contributed by atoms with E-state index in [0.29, 0.717) is 19.2 Å². The molecule has 0 saturated carbocycles. The molecule has 144 valence electrons. The fourth-order valence-electron chi connectivity index (χ4n) is 2.86. The fourth-order valence-corrected chi connectivity index (χ4v) is 2.86. The Labute approximate surface area is 151 Å². The van der Waals surface area contributed by atoms with Crippen LogP contribution in [0.5, 0.6) is 0 Å². The second-order valence-corrected chi connectivity index (χ2v) is 5.92. The standard InChI is InChI=1S/C15H15F3N6O3/c16-15(17,18)11-1-2-12(13(7-11)24(26)27)21-3-5-22(6-4-21)14(25)8-23-10-19-9-20-23/h1-2,7,9-10H,3-6,8H2. The first kappa shape index (κ1) is 18.6. The normalized spacial score (nSPS) is 15.1. The van der Waals surface area contributed by atoms with Gasteiger partial charge < -0.3 is 9.80 Å². The van der Waals surface area contributed by atoms with E-state index < -0.39 is 22.4 Å². The number of nitro groups is 1. The van der Waals surface area contributed by atoms with E-state index in [1.165, 1.54) is 17.3 Å². The summed E-state index contributed by atoms with van der Waals surface area (Å²) in [5, 5.41) is 15.1. The number of amides is 1. The molecule has 12 heteroatoms. The van der Waals surface area contributed by atoms with E-state index >= 15 is 0 Å². The van der Waals surface area contributed by atoms with Crippen LogP contribution in [0.1, 0.15) is 5.56 Å². The molecule has 1 aromatic carbocycles. The van der Waals surface area contributed by atoms with Crippen molar-refractivity contribution in [2.75, 3.05) is 31.1 Å². The third kappa shape index (κ3) is 4.15. The summed E-state index contributed by atoms with van der Waals surface area (Å²) >= 11 is 0. The van der Waals surface area contributed by atoms with Crippen molar-refractivity contribution < 1.29 is 22.9 Å². The summed E-state index contributed by atoms with van der Waals surface area (Å²) < 4.78 is 39.8. The zero-order valence-electron chi connectivity index (χ0n) is 14.0. The summed E-state index contributed by atoms with van der Waals surface area (Å²) in [4.78, 5) is 29.6. The Morgan fingerprint density at radius 2 is 1.93 bits per heavy atom. The van der Waals surface area contributed by atoms with Crippen LogP contribution in [0.4, 0.5) is 24.5 Å². The van der Waals surface area contributed by atoms with E-state index in [0.717, 1.165) is 12.1 Å². The minimum atomic E-state index is -4.66. The maximum Gasteiger partial charge on any atom is 0.416 e. The van der Waals surface area contributed by atoms with Crippen LogP contribution in [0.3, 0.4) is 0 Å². The Bertz CT molecular complexity index is 832. The Hall–Kier alpha value is -3.18. The minimum absolute atomic E-state index is 0.0282. The van der Waals surface area contributed by atoms with E-state index in [9.17, 15) is 28.1 Å². The molecule has 1 aromatic heterocycles. The lowest BCUT2D eigenvalue weighted by atomic mass is 10.1. The number of nitro benzene ring substituents is 1. The molecule has 0 aliphatic carbocycles. The molecule has 1 amide bonds. The average molecular weight is 384 g/mol. The molecular formula is C15H15F3N6O3. The van der Waals surface area contributed by atoms with Crippen LogP contribution in [-0.4, -0.2) is 56.7 Å². The number of hydrogen-bond donors (Lipinski definition) is 0. The monoisotopic (exact) mass is 384 g/mol. The number of nitrogens with zero attached hydrogens (tertiary/aromatic N) is 6. The van der Waals surface area contributed by atoms with Crippen molar-refractivity contribution in [1.29, 1.82) is 0 Å². The zero-order valence-corrected chi connectivity index (χ0v) is 14.0. The number of benzene rings is 1. The molecule has 2 aromatic rings. The van der Waals surface area contributed by atoms with Crippen LogP contribution in [0.15, 0.2) is 30.9 Å². The molecule has 1 aliphatic rings. The molecule has 1 fully saturated rings. The highest BCUT2D eigenvalue weighted by molar-refractivity contribution is 5.76. The minimum Gasteiger partial charge on any atom is -0.362 e. The van der Waals surface area contributed by atoms with Gasteiger partial charge in [-0.1, -0.05) is 0 Å². The van der Waals surface area contributed by atoms with E-state index in [2.05, 4.69) is 10.1 Å². The largest absolute Gasteiger partial charge is 0.416 e. The van der Waals surface area contributed by atoms with Crippen molar-refractivity contribution in [1.82, 2.24) is 19.7 Å². The second-order valence-electron chi connectivity index (χ2n) is 5.92. The molecule has 1 saturated heterocycles. The Balaban J connectivity index is 1.70. The molecule has 1 aliphatic heterocycles. The van der Waals surface area contributed by atoms with Gasteiger partial charge in [-0.2, -0.15) is 18.3 Å². The molecule has 0 radical (unpaired) electrons. The third-order valence-corrected chi connectivity index (χ3v) is 4.24. The first-order valence-electron chi connectivity index (χ1n) is 7.96. The summed E-state index contributed by atoms with van der Waals surface area (Å²) in [6, 6.07) is 2.47. The maximum atomic E-state index is 12.8. The summed E-state index contributed by atoms with van der Waals surface area (Å²) in [6.07, 6.45) is -1.93. The molecule has 0 unspecified atom stereocenters. The summed E-state index contributed by atoms with van der Waals surface area (Å²) in [6.45, 7) is 1.17. The Morgan fingerprint density at radius 1 is 1.22 bits per heavy atom. The lowest BCUT2D eigenvalue weighted by Gasteiger charge is -2.35. The molecule has 3 rings (SSSR count). The zero-order chi connectivity index (χ0) is 19.6. The molecule has 2 heterocycles. The Kier molecular flexibility index (Phi) is 4.97. The number of alkyl halides is 3. The molecule has 0 bridgehead atoms. The molecular weight excluding hydrogens is 369 g/mol. The third-order valence-electron chi connectivity index (χ3n) is 4.24. The highest BCUT2D eigenvalue weighted by Crippen LogP contribution is 2.36. The first-order valence-corrected chi connectivity index (χ1v) is 7.96. The van der Waals surface area contributed by atoms with Crippen LogP contribution in [0, 0.1) is 10.1 Å². The number of rotatable bonds is 4.